The fourth-order valence-corrected chi connectivity index (χ4v) is 3.67. The minimum absolute atomic E-state index is 0.268. The zero-order valence-corrected chi connectivity index (χ0v) is 13.7. The Hall–Kier alpha value is -2.34. The first kappa shape index (κ1) is 15.2. The van der Waals surface area contributed by atoms with Gasteiger partial charge in [-0.25, -0.2) is 13.8 Å². The Kier molecular flexibility index (Phi) is 3.57. The number of fused-ring (bicyclic) bond motifs is 1. The lowest BCUT2D eigenvalue weighted by atomic mass is 10.00. The molecule has 3 aromatic rings. The number of rotatable bonds is 3. The number of carbonyl (C=O) groups is 1. The van der Waals surface area contributed by atoms with Gasteiger partial charge in [0, 0.05) is 5.56 Å². The highest BCUT2D eigenvalue weighted by atomic mass is 32.1. The van der Waals surface area contributed by atoms with Gasteiger partial charge in [0.2, 0.25) is 5.91 Å². The summed E-state index contributed by atoms with van der Waals surface area (Å²) < 4.78 is 27.9. The minimum Gasteiger partial charge on any atom is -0.302 e. The molecule has 1 aromatic heterocycles. The van der Waals surface area contributed by atoms with E-state index in [1.807, 2.05) is 25.1 Å². The second kappa shape index (κ2) is 5.63. The number of amides is 1. The number of anilines is 1. The molecule has 6 heteroatoms. The van der Waals surface area contributed by atoms with Gasteiger partial charge in [-0.3, -0.25) is 4.79 Å². The van der Waals surface area contributed by atoms with Crippen molar-refractivity contribution in [3.63, 3.8) is 0 Å². The Balaban J connectivity index is 1.67. The summed E-state index contributed by atoms with van der Waals surface area (Å²) in [7, 11) is 0. The molecule has 2 atom stereocenters. The van der Waals surface area contributed by atoms with E-state index in [2.05, 4.69) is 10.3 Å². The van der Waals surface area contributed by atoms with E-state index in [4.69, 9.17) is 0 Å². The van der Waals surface area contributed by atoms with Gasteiger partial charge in [0.05, 0.1) is 16.1 Å². The molecule has 1 heterocycles. The molecule has 0 bridgehead atoms. The number of alkyl halides is 1. The summed E-state index contributed by atoms with van der Waals surface area (Å²) in [6, 6.07) is 10.5. The van der Waals surface area contributed by atoms with Gasteiger partial charge < -0.3 is 5.32 Å². The summed E-state index contributed by atoms with van der Waals surface area (Å²) >= 11 is 1.30. The molecular formula is C18H14F2N2OS. The number of carbonyl (C=O) groups excluding carboxylic acids is 1. The van der Waals surface area contributed by atoms with E-state index in [9.17, 15) is 13.6 Å². The zero-order valence-electron chi connectivity index (χ0n) is 12.8. The highest BCUT2D eigenvalue weighted by molar-refractivity contribution is 7.22. The number of hydrogen-bond donors (Lipinski definition) is 1. The molecule has 0 unspecified atom stereocenters. The first-order valence-corrected chi connectivity index (χ1v) is 8.45. The van der Waals surface area contributed by atoms with Crippen molar-refractivity contribution in [3.05, 3.63) is 47.8 Å². The molecule has 3 nitrogen and oxygen atoms in total. The van der Waals surface area contributed by atoms with Gasteiger partial charge in [-0.05, 0) is 42.7 Å². The van der Waals surface area contributed by atoms with Crippen molar-refractivity contribution < 1.29 is 13.6 Å². The van der Waals surface area contributed by atoms with E-state index in [0.29, 0.717) is 10.7 Å². The number of thiazole rings is 1. The van der Waals surface area contributed by atoms with Crippen molar-refractivity contribution in [1.82, 2.24) is 4.98 Å². The van der Waals surface area contributed by atoms with Crippen molar-refractivity contribution >= 4 is 32.6 Å². The molecule has 0 aliphatic heterocycles. The molecule has 4 rings (SSSR count). The fourth-order valence-electron chi connectivity index (χ4n) is 2.76. The standard InChI is InChI=1S/C18H14F2N2OS/c1-9-3-2-4-12(19)16(9)10-5-6-14-15(7-10)24-18(21-14)22-17(23)11-8-13(11)20/h2-7,11,13H,8H2,1H3,(H,21,22,23)/t11-,13+/m1/s1. The molecule has 1 aliphatic carbocycles. The number of aromatic nitrogens is 1. The Morgan fingerprint density at radius 2 is 2.12 bits per heavy atom. The minimum atomic E-state index is -1.03. The Morgan fingerprint density at radius 1 is 1.33 bits per heavy atom. The van der Waals surface area contributed by atoms with E-state index in [0.717, 1.165) is 21.3 Å². The topological polar surface area (TPSA) is 42.0 Å². The van der Waals surface area contributed by atoms with Crippen LogP contribution >= 0.6 is 11.3 Å². The first-order valence-electron chi connectivity index (χ1n) is 7.64. The maximum atomic E-state index is 14.1. The monoisotopic (exact) mass is 344 g/mol. The fraction of sp³-hybridized carbons (Fsp3) is 0.222. The van der Waals surface area contributed by atoms with Gasteiger partial charge in [-0.15, -0.1) is 0 Å². The van der Waals surface area contributed by atoms with Crippen LogP contribution in [0.25, 0.3) is 21.3 Å². The average Bonchev–Trinajstić information content (AvgIpc) is 3.13. The van der Waals surface area contributed by atoms with E-state index in [1.165, 1.54) is 17.4 Å². The summed E-state index contributed by atoms with van der Waals surface area (Å²) in [5, 5.41) is 3.10. The lowest BCUT2D eigenvalue weighted by Gasteiger charge is -2.07. The molecule has 1 amide bonds. The molecule has 1 fully saturated rings. The van der Waals surface area contributed by atoms with E-state index in [-0.39, 0.29) is 18.1 Å². The normalized spacial score (nSPS) is 19.5. The van der Waals surface area contributed by atoms with Crippen molar-refractivity contribution in [2.45, 2.75) is 19.5 Å². The molecule has 1 saturated carbocycles. The third-order valence-electron chi connectivity index (χ3n) is 4.18. The predicted molar refractivity (Wildman–Crippen MR) is 91.4 cm³/mol. The molecule has 0 saturated heterocycles. The van der Waals surface area contributed by atoms with Crippen LogP contribution in [0.15, 0.2) is 36.4 Å². The van der Waals surface area contributed by atoms with Crippen molar-refractivity contribution in [2.75, 3.05) is 5.32 Å². The first-order chi connectivity index (χ1) is 11.5. The SMILES string of the molecule is Cc1cccc(F)c1-c1ccc2nc(NC(=O)[C@@H]3C[C@@H]3F)sc2c1. The van der Waals surface area contributed by atoms with Crippen LogP contribution in [0, 0.1) is 18.7 Å². The van der Waals surface area contributed by atoms with Crippen LogP contribution in [0.4, 0.5) is 13.9 Å². The third kappa shape index (κ3) is 2.67. The number of benzene rings is 2. The molecule has 0 radical (unpaired) electrons. The van der Waals surface area contributed by atoms with Gasteiger partial charge in [0.1, 0.15) is 12.0 Å². The van der Waals surface area contributed by atoms with Crippen molar-refractivity contribution in [1.29, 1.82) is 0 Å². The lowest BCUT2D eigenvalue weighted by Crippen LogP contribution is -2.14. The number of aryl methyl sites for hydroxylation is 1. The van der Waals surface area contributed by atoms with Gasteiger partial charge in [0.25, 0.3) is 0 Å². The second-order valence-corrected chi connectivity index (χ2v) is 7.01. The Morgan fingerprint density at radius 3 is 2.83 bits per heavy atom. The largest absolute Gasteiger partial charge is 0.302 e. The van der Waals surface area contributed by atoms with Crippen LogP contribution in [-0.4, -0.2) is 17.1 Å². The smallest absolute Gasteiger partial charge is 0.232 e. The maximum absolute atomic E-state index is 14.1. The zero-order chi connectivity index (χ0) is 16.8. The van der Waals surface area contributed by atoms with Crippen LogP contribution in [0.2, 0.25) is 0 Å². The van der Waals surface area contributed by atoms with Crippen LogP contribution < -0.4 is 5.32 Å². The molecule has 2 aromatic carbocycles. The van der Waals surface area contributed by atoms with Gasteiger partial charge in [0.15, 0.2) is 5.13 Å². The maximum Gasteiger partial charge on any atom is 0.232 e. The van der Waals surface area contributed by atoms with E-state index < -0.39 is 12.1 Å². The highest BCUT2D eigenvalue weighted by Crippen LogP contribution is 2.36. The number of nitrogens with one attached hydrogen (secondary N) is 1. The number of hydrogen-bond acceptors (Lipinski definition) is 3. The highest BCUT2D eigenvalue weighted by Gasteiger charge is 2.43. The van der Waals surface area contributed by atoms with Gasteiger partial charge >= 0.3 is 0 Å². The molecule has 0 spiro atoms. The lowest BCUT2D eigenvalue weighted by molar-refractivity contribution is -0.117. The summed E-state index contributed by atoms with van der Waals surface area (Å²) in [5.74, 6) is -1.14. The third-order valence-corrected chi connectivity index (χ3v) is 5.11. The van der Waals surface area contributed by atoms with Crippen LogP contribution in [0.5, 0.6) is 0 Å². The molecule has 24 heavy (non-hydrogen) atoms. The average molecular weight is 344 g/mol. The molecule has 122 valence electrons. The van der Waals surface area contributed by atoms with Crippen LogP contribution in [0.1, 0.15) is 12.0 Å². The summed E-state index contributed by atoms with van der Waals surface area (Å²) in [4.78, 5) is 16.1. The molecular weight excluding hydrogens is 330 g/mol. The quantitative estimate of drug-likeness (QED) is 0.748. The number of nitrogens with zero attached hydrogens (tertiary/aromatic N) is 1. The molecule has 1 aliphatic rings. The second-order valence-electron chi connectivity index (χ2n) is 5.98. The predicted octanol–water partition coefficient (Wildman–Crippen LogP) is 4.71. The van der Waals surface area contributed by atoms with Gasteiger partial charge in [-0.1, -0.05) is 29.5 Å². The van der Waals surface area contributed by atoms with Gasteiger partial charge in [-0.2, -0.15) is 0 Å². The van der Waals surface area contributed by atoms with Crippen molar-refractivity contribution in [2.24, 2.45) is 5.92 Å². The van der Waals surface area contributed by atoms with E-state index >= 15 is 0 Å². The Labute approximate surface area is 141 Å². The van der Waals surface area contributed by atoms with Crippen LogP contribution in [0.3, 0.4) is 0 Å². The van der Waals surface area contributed by atoms with Crippen LogP contribution in [-0.2, 0) is 4.79 Å². The summed E-state index contributed by atoms with van der Waals surface area (Å²) in [6.45, 7) is 1.87. The number of halogens is 2. The summed E-state index contributed by atoms with van der Waals surface area (Å²) in [6.07, 6.45) is -0.747. The molecule has 1 N–H and O–H groups in total. The summed E-state index contributed by atoms with van der Waals surface area (Å²) in [5.41, 5.74) is 2.91. The van der Waals surface area contributed by atoms with Crippen molar-refractivity contribution in [3.8, 4) is 11.1 Å². The van der Waals surface area contributed by atoms with E-state index in [1.54, 1.807) is 12.1 Å². The Bertz CT molecular complexity index is 933.